The number of rotatable bonds is 4. The monoisotopic (exact) mass is 369 g/mol. The third-order valence-corrected chi connectivity index (χ3v) is 4.14. The molecular weight excluding hydrogens is 358 g/mol. The van der Waals surface area contributed by atoms with Gasteiger partial charge in [0.05, 0.1) is 11.7 Å². The Bertz CT molecular complexity index is 531. The van der Waals surface area contributed by atoms with E-state index in [2.05, 4.69) is 48.3 Å². The van der Waals surface area contributed by atoms with Crippen molar-refractivity contribution >= 4 is 31.9 Å². The van der Waals surface area contributed by atoms with Crippen molar-refractivity contribution in [2.24, 2.45) is 5.84 Å². The Kier molecular flexibility index (Phi) is 4.88. The van der Waals surface area contributed by atoms with Gasteiger partial charge in [-0.15, -0.1) is 0 Å². The molecule has 1 aromatic heterocycles. The van der Waals surface area contributed by atoms with Gasteiger partial charge in [0.2, 0.25) is 0 Å². The summed E-state index contributed by atoms with van der Waals surface area (Å²) in [6.07, 6.45) is 2.54. The molecule has 1 aromatic carbocycles. The summed E-state index contributed by atoms with van der Waals surface area (Å²) < 4.78 is 2.04. The van der Waals surface area contributed by atoms with Crippen LogP contribution < -0.4 is 11.3 Å². The maximum absolute atomic E-state index is 5.65. The summed E-state index contributed by atoms with van der Waals surface area (Å²) in [6, 6.07) is 11.9. The van der Waals surface area contributed by atoms with E-state index in [-0.39, 0.29) is 6.04 Å². The molecule has 0 radical (unpaired) electrons. The molecule has 0 saturated carbocycles. The summed E-state index contributed by atoms with van der Waals surface area (Å²) in [4.78, 5) is 4.37. The van der Waals surface area contributed by atoms with Gasteiger partial charge in [0.15, 0.2) is 0 Å². The van der Waals surface area contributed by atoms with E-state index in [0.29, 0.717) is 0 Å². The van der Waals surface area contributed by atoms with Crippen molar-refractivity contribution < 1.29 is 0 Å². The van der Waals surface area contributed by atoms with Gasteiger partial charge in [-0.1, -0.05) is 34.1 Å². The highest BCUT2D eigenvalue weighted by atomic mass is 79.9. The number of halogens is 2. The SMILES string of the molecule is NNC(Cc1ccccc1Br)c1ncccc1Br. The minimum Gasteiger partial charge on any atom is -0.271 e. The summed E-state index contributed by atoms with van der Waals surface area (Å²) in [5.41, 5.74) is 4.93. The van der Waals surface area contributed by atoms with Gasteiger partial charge in [0.25, 0.3) is 0 Å². The van der Waals surface area contributed by atoms with Gasteiger partial charge in [-0.2, -0.15) is 0 Å². The molecule has 0 amide bonds. The van der Waals surface area contributed by atoms with Gasteiger partial charge >= 0.3 is 0 Å². The van der Waals surface area contributed by atoms with Gasteiger partial charge in [0.1, 0.15) is 0 Å². The molecule has 2 rings (SSSR count). The van der Waals surface area contributed by atoms with E-state index in [1.54, 1.807) is 6.20 Å². The van der Waals surface area contributed by atoms with E-state index in [0.717, 1.165) is 21.1 Å². The number of benzene rings is 1. The van der Waals surface area contributed by atoms with E-state index >= 15 is 0 Å². The lowest BCUT2D eigenvalue weighted by atomic mass is 10.0. The molecule has 0 aliphatic heterocycles. The van der Waals surface area contributed by atoms with Crippen molar-refractivity contribution in [3.8, 4) is 0 Å². The molecule has 3 nitrogen and oxygen atoms in total. The number of hydrogen-bond acceptors (Lipinski definition) is 3. The van der Waals surface area contributed by atoms with Crippen molar-refractivity contribution in [1.82, 2.24) is 10.4 Å². The smallest absolute Gasteiger partial charge is 0.0731 e. The minimum absolute atomic E-state index is 0.0284. The molecule has 94 valence electrons. The Morgan fingerprint density at radius 2 is 1.83 bits per heavy atom. The number of aromatic nitrogens is 1. The molecule has 1 atom stereocenters. The predicted molar refractivity (Wildman–Crippen MR) is 79.8 cm³/mol. The van der Waals surface area contributed by atoms with Crippen LogP contribution in [-0.4, -0.2) is 4.98 Å². The fourth-order valence-corrected chi connectivity index (χ4v) is 2.75. The molecule has 0 aliphatic carbocycles. The molecule has 0 aliphatic rings. The van der Waals surface area contributed by atoms with E-state index in [4.69, 9.17) is 5.84 Å². The highest BCUT2D eigenvalue weighted by molar-refractivity contribution is 9.10. The molecule has 1 heterocycles. The predicted octanol–water partition coefficient (Wildman–Crippen LogP) is 3.35. The zero-order valence-electron chi connectivity index (χ0n) is 9.61. The van der Waals surface area contributed by atoms with Crippen molar-refractivity contribution in [3.63, 3.8) is 0 Å². The highest BCUT2D eigenvalue weighted by Gasteiger charge is 2.15. The van der Waals surface area contributed by atoms with Gasteiger partial charge in [-0.05, 0) is 46.1 Å². The van der Waals surface area contributed by atoms with Gasteiger partial charge in [-0.25, -0.2) is 0 Å². The van der Waals surface area contributed by atoms with E-state index in [1.165, 1.54) is 5.56 Å². The molecule has 0 spiro atoms. The van der Waals surface area contributed by atoms with Gasteiger partial charge < -0.3 is 0 Å². The average Bonchev–Trinajstić information content (AvgIpc) is 2.39. The third kappa shape index (κ3) is 3.17. The van der Waals surface area contributed by atoms with Crippen molar-refractivity contribution in [2.45, 2.75) is 12.5 Å². The van der Waals surface area contributed by atoms with Crippen LogP contribution >= 0.6 is 31.9 Å². The second-order valence-electron chi connectivity index (χ2n) is 3.89. The van der Waals surface area contributed by atoms with Crippen LogP contribution in [-0.2, 0) is 6.42 Å². The Morgan fingerprint density at radius 3 is 2.50 bits per heavy atom. The highest BCUT2D eigenvalue weighted by Crippen LogP contribution is 2.26. The van der Waals surface area contributed by atoms with Crippen LogP contribution in [0.4, 0.5) is 0 Å². The minimum atomic E-state index is -0.0284. The fraction of sp³-hybridized carbons (Fsp3) is 0.154. The first-order valence-corrected chi connectivity index (χ1v) is 7.11. The quantitative estimate of drug-likeness (QED) is 0.640. The maximum Gasteiger partial charge on any atom is 0.0731 e. The third-order valence-electron chi connectivity index (χ3n) is 2.70. The lowest BCUT2D eigenvalue weighted by Gasteiger charge is -2.17. The molecule has 2 aromatic rings. The Balaban J connectivity index is 2.26. The van der Waals surface area contributed by atoms with E-state index in [9.17, 15) is 0 Å². The molecular formula is C13H13Br2N3. The second-order valence-corrected chi connectivity index (χ2v) is 5.59. The molecule has 0 fully saturated rings. The number of hydrazine groups is 1. The number of nitrogens with two attached hydrogens (primary N) is 1. The zero-order valence-corrected chi connectivity index (χ0v) is 12.8. The van der Waals surface area contributed by atoms with Crippen LogP contribution in [0.1, 0.15) is 17.3 Å². The van der Waals surface area contributed by atoms with Crippen LogP contribution in [0, 0.1) is 0 Å². The summed E-state index contributed by atoms with van der Waals surface area (Å²) in [5.74, 6) is 5.65. The Morgan fingerprint density at radius 1 is 1.11 bits per heavy atom. The topological polar surface area (TPSA) is 50.9 Å². The van der Waals surface area contributed by atoms with Crippen LogP contribution in [0.25, 0.3) is 0 Å². The molecule has 0 bridgehead atoms. The number of pyridine rings is 1. The van der Waals surface area contributed by atoms with Crippen LogP contribution in [0.2, 0.25) is 0 Å². The van der Waals surface area contributed by atoms with E-state index < -0.39 is 0 Å². The zero-order chi connectivity index (χ0) is 13.0. The van der Waals surface area contributed by atoms with Crippen LogP contribution in [0.15, 0.2) is 51.5 Å². The Hall–Kier alpha value is -0.750. The average molecular weight is 371 g/mol. The number of hydrogen-bond donors (Lipinski definition) is 2. The fourth-order valence-electron chi connectivity index (χ4n) is 1.77. The summed E-state index contributed by atoms with van der Waals surface area (Å²) >= 11 is 7.04. The summed E-state index contributed by atoms with van der Waals surface area (Å²) in [6.45, 7) is 0. The molecule has 1 unspecified atom stereocenters. The van der Waals surface area contributed by atoms with Gasteiger partial charge in [-0.3, -0.25) is 16.3 Å². The van der Waals surface area contributed by atoms with Crippen molar-refractivity contribution in [3.05, 3.63) is 62.8 Å². The van der Waals surface area contributed by atoms with Gasteiger partial charge in [0, 0.05) is 15.1 Å². The van der Waals surface area contributed by atoms with E-state index in [1.807, 2.05) is 30.3 Å². The van der Waals surface area contributed by atoms with Crippen LogP contribution in [0.5, 0.6) is 0 Å². The lowest BCUT2D eigenvalue weighted by molar-refractivity contribution is 0.535. The standard InChI is InChI=1S/C13H13Br2N3/c14-10-5-2-1-4-9(10)8-12(18-16)13-11(15)6-3-7-17-13/h1-7,12,18H,8,16H2. The lowest BCUT2D eigenvalue weighted by Crippen LogP contribution is -2.30. The number of nitrogens with zero attached hydrogens (tertiary/aromatic N) is 1. The Labute approximate surface area is 123 Å². The van der Waals surface area contributed by atoms with Crippen molar-refractivity contribution in [1.29, 1.82) is 0 Å². The molecule has 3 N–H and O–H groups in total. The summed E-state index contributed by atoms with van der Waals surface area (Å²) in [5, 5.41) is 0. The first kappa shape index (κ1) is 13.7. The second kappa shape index (κ2) is 6.43. The molecule has 0 saturated heterocycles. The summed E-state index contributed by atoms with van der Waals surface area (Å²) in [7, 11) is 0. The largest absolute Gasteiger partial charge is 0.271 e. The number of nitrogens with one attached hydrogen (secondary N) is 1. The maximum atomic E-state index is 5.65. The van der Waals surface area contributed by atoms with Crippen LogP contribution in [0.3, 0.4) is 0 Å². The molecule has 18 heavy (non-hydrogen) atoms. The normalized spacial score (nSPS) is 12.4. The first-order valence-electron chi connectivity index (χ1n) is 5.52. The first-order chi connectivity index (χ1) is 8.72. The molecule has 5 heteroatoms. The van der Waals surface area contributed by atoms with Crippen molar-refractivity contribution in [2.75, 3.05) is 0 Å².